The summed E-state index contributed by atoms with van der Waals surface area (Å²) in [6, 6.07) is 26.7. The second kappa shape index (κ2) is 10.5. The Morgan fingerprint density at radius 1 is 0.769 bits per heavy atom. The Balaban J connectivity index is 1.39. The first-order chi connectivity index (χ1) is 18.7. The van der Waals surface area contributed by atoms with E-state index in [0.29, 0.717) is 28.3 Å². The average Bonchev–Trinajstić information content (AvgIpc) is 2.92. The number of ether oxygens (including phenoxy) is 1. The third kappa shape index (κ3) is 5.58. The van der Waals surface area contributed by atoms with Crippen LogP contribution in [0.15, 0.2) is 109 Å². The molecular formula is C30H19F3N2O3S. The number of amides is 3. The smallest absolute Gasteiger partial charge is 0.417 e. The highest BCUT2D eigenvalue weighted by atomic mass is 32.1. The first kappa shape index (κ1) is 25.9. The van der Waals surface area contributed by atoms with E-state index in [1.807, 2.05) is 30.3 Å². The number of thiocarbonyl (C=S) groups is 1. The Labute approximate surface area is 227 Å². The molecule has 1 fully saturated rings. The number of nitrogens with one attached hydrogen (secondary N) is 1. The summed E-state index contributed by atoms with van der Waals surface area (Å²) in [4.78, 5) is 26.5. The normalized spacial score (nSPS) is 14.9. The largest absolute Gasteiger partial charge is 0.457 e. The van der Waals surface area contributed by atoms with Gasteiger partial charge in [0.1, 0.15) is 16.5 Å². The number of imide groups is 1. The predicted molar refractivity (Wildman–Crippen MR) is 146 cm³/mol. The Bertz CT molecular complexity index is 1580. The van der Waals surface area contributed by atoms with Gasteiger partial charge in [-0.3, -0.25) is 15.0 Å². The predicted octanol–water partition coefficient (Wildman–Crippen LogP) is 7.63. The zero-order chi connectivity index (χ0) is 27.6. The van der Waals surface area contributed by atoms with Crippen molar-refractivity contribution in [2.45, 2.75) is 6.18 Å². The van der Waals surface area contributed by atoms with Crippen molar-refractivity contribution in [2.75, 3.05) is 4.90 Å². The minimum atomic E-state index is -4.49. The summed E-state index contributed by atoms with van der Waals surface area (Å²) in [5.41, 5.74) is 0.699. The molecule has 9 heteroatoms. The first-order valence-electron chi connectivity index (χ1n) is 11.7. The van der Waals surface area contributed by atoms with E-state index in [0.717, 1.165) is 6.07 Å². The summed E-state index contributed by atoms with van der Waals surface area (Å²) in [6.07, 6.45) is -3.01. The molecule has 4 aromatic carbocycles. The van der Waals surface area contributed by atoms with Gasteiger partial charge in [0.25, 0.3) is 5.91 Å². The minimum absolute atomic E-state index is 0.00743. The topological polar surface area (TPSA) is 58.6 Å². The van der Waals surface area contributed by atoms with Crippen molar-refractivity contribution < 1.29 is 27.5 Å². The van der Waals surface area contributed by atoms with Crippen LogP contribution in [0.3, 0.4) is 0 Å². The molecule has 0 atom stereocenters. The van der Waals surface area contributed by atoms with Gasteiger partial charge in [-0.1, -0.05) is 72.9 Å². The molecule has 0 saturated carbocycles. The number of anilines is 1. The van der Waals surface area contributed by atoms with Crippen molar-refractivity contribution >= 4 is 40.9 Å². The molecule has 1 aliphatic rings. The molecule has 0 radical (unpaired) electrons. The lowest BCUT2D eigenvalue weighted by Crippen LogP contribution is -2.53. The van der Waals surface area contributed by atoms with Crippen molar-refractivity contribution in [1.82, 2.24) is 5.32 Å². The Morgan fingerprint density at radius 3 is 2.05 bits per heavy atom. The molecule has 1 saturated heterocycles. The molecule has 0 unspecified atom stereocenters. The van der Waals surface area contributed by atoms with Crippen molar-refractivity contribution in [3.05, 3.63) is 120 Å². The zero-order valence-corrected chi connectivity index (χ0v) is 20.9. The summed E-state index contributed by atoms with van der Waals surface area (Å²) < 4.78 is 46.1. The molecule has 0 spiro atoms. The van der Waals surface area contributed by atoms with Crippen LogP contribution in [-0.4, -0.2) is 16.9 Å². The van der Waals surface area contributed by atoms with Crippen molar-refractivity contribution in [3.8, 4) is 22.6 Å². The molecule has 0 aromatic heterocycles. The van der Waals surface area contributed by atoms with Gasteiger partial charge in [0, 0.05) is 0 Å². The highest BCUT2D eigenvalue weighted by Crippen LogP contribution is 2.37. The lowest BCUT2D eigenvalue weighted by molar-refractivity contribution is -0.137. The number of carbonyl (C=O) groups excluding carboxylic acids is 2. The van der Waals surface area contributed by atoms with E-state index < -0.39 is 23.7 Å². The maximum atomic E-state index is 13.4. The van der Waals surface area contributed by atoms with Crippen LogP contribution in [0.25, 0.3) is 17.2 Å². The van der Waals surface area contributed by atoms with Crippen LogP contribution in [0.1, 0.15) is 11.1 Å². The molecule has 0 aliphatic carbocycles. The molecule has 4 aromatic rings. The van der Waals surface area contributed by atoms with Gasteiger partial charge in [-0.2, -0.15) is 13.2 Å². The molecule has 5 nitrogen and oxygen atoms in total. The van der Waals surface area contributed by atoms with E-state index in [2.05, 4.69) is 5.32 Å². The summed E-state index contributed by atoms with van der Waals surface area (Å²) >= 11 is 5.50. The zero-order valence-electron chi connectivity index (χ0n) is 20.1. The first-order valence-corrected chi connectivity index (χ1v) is 12.1. The van der Waals surface area contributed by atoms with Crippen LogP contribution in [0.5, 0.6) is 11.5 Å². The van der Waals surface area contributed by atoms with Gasteiger partial charge in [0.05, 0.1) is 16.8 Å². The lowest BCUT2D eigenvalue weighted by atomic mass is 9.97. The monoisotopic (exact) mass is 544 g/mol. The van der Waals surface area contributed by atoms with E-state index in [-0.39, 0.29) is 16.1 Å². The Morgan fingerprint density at radius 2 is 1.38 bits per heavy atom. The highest BCUT2D eigenvalue weighted by Gasteiger charge is 2.34. The summed E-state index contributed by atoms with van der Waals surface area (Å²) in [6.45, 7) is 0. The molecule has 3 amide bonds. The van der Waals surface area contributed by atoms with Crippen molar-refractivity contribution in [3.63, 3.8) is 0 Å². The van der Waals surface area contributed by atoms with Crippen LogP contribution in [0, 0.1) is 0 Å². The second-order valence-electron chi connectivity index (χ2n) is 8.53. The number of carbonyl (C=O) groups is 2. The van der Waals surface area contributed by atoms with Gasteiger partial charge >= 0.3 is 12.2 Å². The number of alkyl halides is 3. The van der Waals surface area contributed by atoms with Crippen molar-refractivity contribution in [1.29, 1.82) is 0 Å². The lowest BCUT2D eigenvalue weighted by Gasteiger charge is -2.29. The number of benzene rings is 4. The van der Waals surface area contributed by atoms with Gasteiger partial charge in [0.15, 0.2) is 0 Å². The summed E-state index contributed by atoms with van der Waals surface area (Å²) in [5, 5.41) is 2.28. The molecule has 39 heavy (non-hydrogen) atoms. The minimum Gasteiger partial charge on any atom is -0.457 e. The quantitative estimate of drug-likeness (QED) is 0.207. The molecule has 5 rings (SSSR count). The van der Waals surface area contributed by atoms with E-state index in [9.17, 15) is 22.8 Å². The second-order valence-corrected chi connectivity index (χ2v) is 8.92. The van der Waals surface area contributed by atoms with Gasteiger partial charge < -0.3 is 4.74 Å². The fraction of sp³-hybridized carbons (Fsp3) is 0.0333. The van der Waals surface area contributed by atoms with E-state index in [1.54, 1.807) is 36.4 Å². The number of halogens is 3. The van der Waals surface area contributed by atoms with Crippen LogP contribution in [0.4, 0.5) is 23.7 Å². The highest BCUT2D eigenvalue weighted by molar-refractivity contribution is 7.81. The number of para-hydroxylation sites is 1. The number of nitrogens with zero attached hydrogens (tertiary/aromatic N) is 1. The maximum Gasteiger partial charge on any atom is 0.417 e. The molecule has 1 aliphatic heterocycles. The fourth-order valence-electron chi connectivity index (χ4n) is 4.09. The Hall–Kier alpha value is -4.76. The average molecular weight is 545 g/mol. The number of urea groups is 1. The summed E-state index contributed by atoms with van der Waals surface area (Å²) in [7, 11) is 0. The van der Waals surface area contributed by atoms with E-state index in [1.165, 1.54) is 41.3 Å². The molecule has 1 N–H and O–H groups in total. The number of hydrogen-bond donors (Lipinski definition) is 1. The van der Waals surface area contributed by atoms with Crippen LogP contribution < -0.4 is 15.0 Å². The third-order valence-corrected chi connectivity index (χ3v) is 6.34. The van der Waals surface area contributed by atoms with Gasteiger partial charge in [-0.25, -0.2) is 4.79 Å². The van der Waals surface area contributed by atoms with Gasteiger partial charge in [-0.15, -0.1) is 0 Å². The summed E-state index contributed by atoms with van der Waals surface area (Å²) in [5.74, 6) is 0.532. The SMILES string of the molecule is O=C1NC(=O)N(c2ccc(Oc3ccccc3)cc2)C(=S)/C1=C/c1ccc(-c2ccccc2C(F)(F)F)cc1. The molecule has 0 bridgehead atoms. The van der Waals surface area contributed by atoms with Crippen LogP contribution >= 0.6 is 12.2 Å². The van der Waals surface area contributed by atoms with Crippen molar-refractivity contribution in [2.24, 2.45) is 0 Å². The molecular weight excluding hydrogens is 525 g/mol. The molecule has 194 valence electrons. The fourth-order valence-corrected chi connectivity index (χ4v) is 4.43. The maximum absolute atomic E-state index is 13.4. The van der Waals surface area contributed by atoms with E-state index >= 15 is 0 Å². The number of hydrogen-bond acceptors (Lipinski definition) is 4. The number of rotatable bonds is 5. The van der Waals surface area contributed by atoms with Crippen LogP contribution in [0.2, 0.25) is 0 Å². The van der Waals surface area contributed by atoms with E-state index in [4.69, 9.17) is 17.0 Å². The molecule has 1 heterocycles. The standard InChI is InChI=1S/C30H19F3N2O3S/c31-30(32,33)26-9-5-4-8-24(26)20-12-10-19(11-13-20)18-25-27(36)34-29(37)35(28(25)39)21-14-16-23(17-15-21)38-22-6-2-1-3-7-22/h1-18H,(H,34,36,37)/b25-18+. The third-order valence-electron chi connectivity index (χ3n) is 5.94. The van der Waals surface area contributed by atoms with Crippen LogP contribution in [-0.2, 0) is 11.0 Å². The van der Waals surface area contributed by atoms with Gasteiger partial charge in [-0.05, 0) is 65.2 Å². The Kier molecular flexibility index (Phi) is 7.00. The van der Waals surface area contributed by atoms with Gasteiger partial charge in [0.2, 0.25) is 0 Å².